The largest absolute Gasteiger partial charge is 0.467 e. The van der Waals surface area contributed by atoms with Crippen LogP contribution in [0.2, 0.25) is 0 Å². The second-order valence-electron chi connectivity index (χ2n) is 3.94. The molecule has 0 bridgehead atoms. The Labute approximate surface area is 117 Å². The van der Waals surface area contributed by atoms with E-state index >= 15 is 0 Å². The summed E-state index contributed by atoms with van der Waals surface area (Å²) in [6.07, 6.45) is 1.63. The molecular formula is C14H15N3OS. The molecule has 2 N–H and O–H groups in total. The Bertz CT molecular complexity index is 549. The Kier molecular flexibility index (Phi) is 4.69. The molecule has 19 heavy (non-hydrogen) atoms. The van der Waals surface area contributed by atoms with Crippen molar-refractivity contribution in [1.82, 2.24) is 10.7 Å². The number of hydrogen-bond donors (Lipinski definition) is 2. The average molecular weight is 273 g/mol. The maximum absolute atomic E-state index is 5.19. The fourth-order valence-electron chi connectivity index (χ4n) is 1.50. The second kappa shape index (κ2) is 6.70. The number of rotatable bonds is 4. The summed E-state index contributed by atoms with van der Waals surface area (Å²) in [6, 6.07) is 13.6. The summed E-state index contributed by atoms with van der Waals surface area (Å²) in [5.74, 6) is 0.827. The monoisotopic (exact) mass is 273 g/mol. The van der Waals surface area contributed by atoms with Crippen molar-refractivity contribution in [2.75, 3.05) is 0 Å². The number of nitrogens with one attached hydrogen (secondary N) is 2. The van der Waals surface area contributed by atoms with Crippen LogP contribution >= 0.6 is 12.2 Å². The number of hydrogen-bond acceptors (Lipinski definition) is 3. The van der Waals surface area contributed by atoms with E-state index in [9.17, 15) is 0 Å². The summed E-state index contributed by atoms with van der Waals surface area (Å²) in [4.78, 5) is 0. The highest BCUT2D eigenvalue weighted by Crippen LogP contribution is 2.00. The highest BCUT2D eigenvalue weighted by Gasteiger charge is 1.99. The molecule has 0 unspecified atom stereocenters. The number of hydrazone groups is 1. The third kappa shape index (κ3) is 4.22. The summed E-state index contributed by atoms with van der Waals surface area (Å²) in [5.41, 5.74) is 4.75. The predicted molar refractivity (Wildman–Crippen MR) is 79.9 cm³/mol. The molecule has 0 aliphatic heterocycles. The number of furan rings is 1. The minimum Gasteiger partial charge on any atom is -0.467 e. The molecule has 0 aliphatic carbocycles. The fourth-order valence-corrected chi connectivity index (χ4v) is 1.62. The fraction of sp³-hybridized carbons (Fsp3) is 0.143. The number of benzene rings is 1. The van der Waals surface area contributed by atoms with Gasteiger partial charge in [0, 0.05) is 0 Å². The van der Waals surface area contributed by atoms with Crippen molar-refractivity contribution < 1.29 is 4.42 Å². The van der Waals surface area contributed by atoms with Gasteiger partial charge in [-0.05, 0) is 36.8 Å². The van der Waals surface area contributed by atoms with Crippen LogP contribution in [0, 0.1) is 0 Å². The molecule has 0 saturated carbocycles. The minimum atomic E-state index is 0.465. The van der Waals surface area contributed by atoms with Crippen LogP contribution in [0.15, 0.2) is 58.2 Å². The quantitative estimate of drug-likeness (QED) is 0.511. The van der Waals surface area contributed by atoms with Crippen LogP contribution < -0.4 is 10.7 Å². The maximum Gasteiger partial charge on any atom is 0.187 e. The zero-order valence-corrected chi connectivity index (χ0v) is 11.4. The van der Waals surface area contributed by atoms with E-state index < -0.39 is 0 Å². The lowest BCUT2D eigenvalue weighted by atomic mass is 10.1. The first kappa shape index (κ1) is 13.3. The van der Waals surface area contributed by atoms with Crippen molar-refractivity contribution in [3.05, 3.63) is 60.1 Å². The smallest absolute Gasteiger partial charge is 0.187 e. The summed E-state index contributed by atoms with van der Waals surface area (Å²) < 4.78 is 5.19. The molecule has 0 atom stereocenters. The normalized spacial score (nSPS) is 11.1. The molecule has 4 nitrogen and oxygen atoms in total. The van der Waals surface area contributed by atoms with E-state index in [1.54, 1.807) is 6.26 Å². The molecule has 2 rings (SSSR count). The van der Waals surface area contributed by atoms with Crippen LogP contribution in [-0.4, -0.2) is 10.8 Å². The topological polar surface area (TPSA) is 49.6 Å². The summed E-state index contributed by atoms with van der Waals surface area (Å²) in [6.45, 7) is 2.47. The lowest BCUT2D eigenvalue weighted by Crippen LogP contribution is -2.32. The first-order chi connectivity index (χ1) is 9.25. The summed E-state index contributed by atoms with van der Waals surface area (Å²) in [5, 5.41) is 7.70. The van der Waals surface area contributed by atoms with Gasteiger partial charge >= 0.3 is 0 Å². The molecule has 0 amide bonds. The highest BCUT2D eigenvalue weighted by molar-refractivity contribution is 7.80. The average Bonchev–Trinajstić information content (AvgIpc) is 2.96. The Morgan fingerprint density at radius 1 is 1.21 bits per heavy atom. The first-order valence-corrected chi connectivity index (χ1v) is 6.32. The van der Waals surface area contributed by atoms with Gasteiger partial charge in [0.2, 0.25) is 0 Å². The molecule has 0 radical (unpaired) electrons. The van der Waals surface area contributed by atoms with Crippen LogP contribution in [-0.2, 0) is 6.54 Å². The Morgan fingerprint density at radius 3 is 2.68 bits per heavy atom. The zero-order chi connectivity index (χ0) is 13.5. The standard InChI is InChI=1S/C14H15N3OS/c1-11(12-6-3-2-4-7-12)16-17-14(19)15-10-13-8-5-9-18-13/h2-9H,10H2,1H3,(H2,15,17,19)/b16-11-. The number of nitrogens with zero attached hydrogens (tertiary/aromatic N) is 1. The van der Waals surface area contributed by atoms with Gasteiger partial charge in [-0.15, -0.1) is 0 Å². The molecule has 1 heterocycles. The van der Waals surface area contributed by atoms with Gasteiger partial charge in [0.15, 0.2) is 5.11 Å². The Hall–Kier alpha value is -2.14. The van der Waals surface area contributed by atoms with Crippen molar-refractivity contribution in [3.8, 4) is 0 Å². The highest BCUT2D eigenvalue weighted by atomic mass is 32.1. The molecule has 0 fully saturated rings. The van der Waals surface area contributed by atoms with Crippen molar-refractivity contribution >= 4 is 23.0 Å². The molecule has 5 heteroatoms. The SMILES string of the molecule is C/C(=N/NC(=S)NCc1ccco1)c1ccccc1. The minimum absolute atomic E-state index is 0.465. The van der Waals surface area contributed by atoms with E-state index in [2.05, 4.69) is 15.8 Å². The molecule has 2 aromatic rings. The molecule has 1 aromatic heterocycles. The van der Waals surface area contributed by atoms with E-state index in [1.807, 2.05) is 49.4 Å². The molecule has 0 saturated heterocycles. The number of thiocarbonyl (C=S) groups is 1. The van der Waals surface area contributed by atoms with E-state index in [1.165, 1.54) is 0 Å². The van der Waals surface area contributed by atoms with Crippen LogP contribution in [0.3, 0.4) is 0 Å². The van der Waals surface area contributed by atoms with Crippen LogP contribution in [0.1, 0.15) is 18.2 Å². The molecular weight excluding hydrogens is 258 g/mol. The van der Waals surface area contributed by atoms with Crippen molar-refractivity contribution in [1.29, 1.82) is 0 Å². The lowest BCUT2D eigenvalue weighted by Gasteiger charge is -2.06. The van der Waals surface area contributed by atoms with Gasteiger partial charge in [-0.2, -0.15) is 5.10 Å². The van der Waals surface area contributed by atoms with Gasteiger partial charge in [0.25, 0.3) is 0 Å². The Balaban J connectivity index is 1.82. The van der Waals surface area contributed by atoms with Crippen LogP contribution in [0.4, 0.5) is 0 Å². The van der Waals surface area contributed by atoms with Crippen molar-refractivity contribution in [2.45, 2.75) is 13.5 Å². The molecule has 98 valence electrons. The maximum atomic E-state index is 5.19. The summed E-state index contributed by atoms with van der Waals surface area (Å²) >= 11 is 5.12. The second-order valence-corrected chi connectivity index (χ2v) is 4.35. The van der Waals surface area contributed by atoms with Crippen molar-refractivity contribution in [3.63, 3.8) is 0 Å². The lowest BCUT2D eigenvalue weighted by molar-refractivity contribution is 0.502. The van der Waals surface area contributed by atoms with Gasteiger partial charge < -0.3 is 9.73 Å². The molecule has 0 spiro atoms. The third-order valence-corrected chi connectivity index (χ3v) is 2.76. The molecule has 0 aliphatic rings. The van der Waals surface area contributed by atoms with E-state index in [4.69, 9.17) is 16.6 Å². The third-order valence-electron chi connectivity index (χ3n) is 2.52. The van der Waals surface area contributed by atoms with Gasteiger partial charge in [0.05, 0.1) is 18.5 Å². The first-order valence-electron chi connectivity index (χ1n) is 5.91. The van der Waals surface area contributed by atoms with Gasteiger partial charge in [-0.3, -0.25) is 5.43 Å². The van der Waals surface area contributed by atoms with E-state index in [0.717, 1.165) is 17.0 Å². The van der Waals surface area contributed by atoms with E-state index in [-0.39, 0.29) is 0 Å². The van der Waals surface area contributed by atoms with Crippen molar-refractivity contribution in [2.24, 2.45) is 5.10 Å². The van der Waals surface area contributed by atoms with Gasteiger partial charge in [-0.25, -0.2) is 0 Å². The zero-order valence-electron chi connectivity index (χ0n) is 10.6. The summed E-state index contributed by atoms with van der Waals surface area (Å²) in [7, 11) is 0. The van der Waals surface area contributed by atoms with Crippen LogP contribution in [0.5, 0.6) is 0 Å². The van der Waals surface area contributed by atoms with E-state index in [0.29, 0.717) is 11.7 Å². The Morgan fingerprint density at radius 2 is 2.00 bits per heavy atom. The van der Waals surface area contributed by atoms with Gasteiger partial charge in [-0.1, -0.05) is 30.3 Å². The van der Waals surface area contributed by atoms with Crippen LogP contribution in [0.25, 0.3) is 0 Å². The predicted octanol–water partition coefficient (Wildman–Crippen LogP) is 2.67. The van der Waals surface area contributed by atoms with Gasteiger partial charge in [0.1, 0.15) is 5.76 Å². The molecule has 1 aromatic carbocycles.